The predicted octanol–water partition coefficient (Wildman–Crippen LogP) is 3.93. The zero-order chi connectivity index (χ0) is 13.5. The quantitative estimate of drug-likeness (QED) is 0.577. The molecule has 0 fully saturated rings. The first-order valence-corrected chi connectivity index (χ1v) is 5.98. The topological polar surface area (TPSA) is 18.5 Å². The Balaban J connectivity index is 1.90. The monoisotopic (exact) mass is 258 g/mol. The molecule has 0 heterocycles. The van der Waals surface area contributed by atoms with Gasteiger partial charge < -0.3 is 9.47 Å². The Hall–Kier alpha value is -2.13. The molecule has 0 saturated heterocycles. The van der Waals surface area contributed by atoms with Crippen LogP contribution >= 0.6 is 0 Å². The van der Waals surface area contributed by atoms with Crippen LogP contribution in [0.5, 0.6) is 5.75 Å². The van der Waals surface area contributed by atoms with Gasteiger partial charge in [-0.1, -0.05) is 36.9 Å². The molecule has 0 aliphatic rings. The molecule has 0 N–H and O–H groups in total. The lowest BCUT2D eigenvalue weighted by Crippen LogP contribution is -2.17. The van der Waals surface area contributed by atoms with Crippen molar-refractivity contribution < 1.29 is 13.9 Å². The maximum absolute atomic E-state index is 12.8. The normalized spacial score (nSPS) is 11.8. The van der Waals surface area contributed by atoms with Crippen molar-refractivity contribution in [2.75, 3.05) is 0 Å². The van der Waals surface area contributed by atoms with Gasteiger partial charge in [-0.25, -0.2) is 4.39 Å². The van der Waals surface area contributed by atoms with Crippen molar-refractivity contribution >= 4 is 0 Å². The molecule has 1 atom stereocenters. The molecule has 0 unspecified atom stereocenters. The second-order valence-electron chi connectivity index (χ2n) is 3.97. The van der Waals surface area contributed by atoms with Gasteiger partial charge in [0, 0.05) is 0 Å². The Morgan fingerprint density at radius 3 is 2.37 bits per heavy atom. The lowest BCUT2D eigenvalue weighted by molar-refractivity contribution is -0.0553. The van der Waals surface area contributed by atoms with Gasteiger partial charge in [0.25, 0.3) is 0 Å². The molecular formula is C16H15FO2. The molecule has 0 aliphatic heterocycles. The highest BCUT2D eigenvalue weighted by atomic mass is 19.1. The highest BCUT2D eigenvalue weighted by Gasteiger charge is 2.06. The number of halogens is 1. The van der Waals surface area contributed by atoms with Crippen LogP contribution in [0, 0.1) is 5.82 Å². The van der Waals surface area contributed by atoms with Crippen LogP contribution in [-0.2, 0) is 11.3 Å². The van der Waals surface area contributed by atoms with Gasteiger partial charge in [0.15, 0.2) is 0 Å². The molecule has 0 amide bonds. The first-order chi connectivity index (χ1) is 9.28. The molecule has 0 bridgehead atoms. The van der Waals surface area contributed by atoms with Crippen LogP contribution in [0.4, 0.5) is 4.39 Å². The summed E-state index contributed by atoms with van der Waals surface area (Å²) in [6.45, 7) is 4.09. The molecule has 0 aromatic heterocycles. The summed E-state index contributed by atoms with van der Waals surface area (Å²) in [7, 11) is 0. The maximum atomic E-state index is 12.8. The van der Waals surface area contributed by atoms with E-state index >= 15 is 0 Å². The Morgan fingerprint density at radius 2 is 1.74 bits per heavy atom. The van der Waals surface area contributed by atoms with Crippen molar-refractivity contribution in [3.63, 3.8) is 0 Å². The number of hydrogen-bond donors (Lipinski definition) is 0. The van der Waals surface area contributed by atoms with Gasteiger partial charge in [0.1, 0.15) is 11.6 Å². The van der Waals surface area contributed by atoms with Crippen LogP contribution in [0.25, 0.3) is 0 Å². The summed E-state index contributed by atoms with van der Waals surface area (Å²) in [6.07, 6.45) is 0.998. The molecule has 0 spiro atoms. The smallest absolute Gasteiger partial charge is 0.219 e. The third kappa shape index (κ3) is 4.23. The Labute approximate surface area is 112 Å². The number of ether oxygens (including phenoxy) is 2. The van der Waals surface area contributed by atoms with E-state index in [1.165, 1.54) is 12.1 Å². The zero-order valence-corrected chi connectivity index (χ0v) is 10.5. The predicted molar refractivity (Wildman–Crippen MR) is 72.2 cm³/mol. The standard InChI is InChI=1S/C16H15FO2/c1-2-16(18-12-13-6-4-3-5-7-13)19-15-10-8-14(17)9-11-15/h2-11,16H,1,12H2/t16-/m0/s1. The summed E-state index contributed by atoms with van der Waals surface area (Å²) in [5, 5.41) is 0. The summed E-state index contributed by atoms with van der Waals surface area (Å²) in [5.74, 6) is 0.243. The summed E-state index contributed by atoms with van der Waals surface area (Å²) in [4.78, 5) is 0. The Bertz CT molecular complexity index is 508. The van der Waals surface area contributed by atoms with Crippen LogP contribution in [0.1, 0.15) is 5.56 Å². The highest BCUT2D eigenvalue weighted by Crippen LogP contribution is 2.15. The summed E-state index contributed by atoms with van der Waals surface area (Å²) < 4.78 is 23.9. The lowest BCUT2D eigenvalue weighted by Gasteiger charge is -2.16. The average molecular weight is 258 g/mol. The molecule has 19 heavy (non-hydrogen) atoms. The fourth-order valence-corrected chi connectivity index (χ4v) is 1.55. The lowest BCUT2D eigenvalue weighted by atomic mass is 10.2. The first kappa shape index (κ1) is 13.3. The van der Waals surface area contributed by atoms with E-state index in [2.05, 4.69) is 6.58 Å². The Morgan fingerprint density at radius 1 is 1.05 bits per heavy atom. The maximum Gasteiger partial charge on any atom is 0.219 e. The van der Waals surface area contributed by atoms with Crippen molar-refractivity contribution in [1.29, 1.82) is 0 Å². The molecule has 2 aromatic rings. The number of hydrogen-bond acceptors (Lipinski definition) is 2. The second kappa shape index (κ2) is 6.71. The molecule has 2 rings (SSSR count). The Kier molecular flexibility index (Phi) is 4.70. The van der Waals surface area contributed by atoms with Gasteiger partial charge in [-0.05, 0) is 35.9 Å². The van der Waals surface area contributed by atoms with E-state index < -0.39 is 6.29 Å². The third-order valence-electron chi connectivity index (χ3n) is 2.52. The summed E-state index contributed by atoms with van der Waals surface area (Å²) in [5.41, 5.74) is 1.05. The van der Waals surface area contributed by atoms with Gasteiger partial charge in [-0.3, -0.25) is 0 Å². The largest absolute Gasteiger partial charge is 0.461 e. The molecular weight excluding hydrogens is 243 g/mol. The third-order valence-corrected chi connectivity index (χ3v) is 2.52. The van der Waals surface area contributed by atoms with Gasteiger partial charge in [0.2, 0.25) is 6.29 Å². The number of benzene rings is 2. The minimum Gasteiger partial charge on any atom is -0.461 e. The second-order valence-corrected chi connectivity index (χ2v) is 3.97. The molecule has 0 radical (unpaired) electrons. The van der Waals surface area contributed by atoms with Crippen LogP contribution in [-0.4, -0.2) is 6.29 Å². The minimum atomic E-state index is -0.564. The van der Waals surface area contributed by atoms with Gasteiger partial charge >= 0.3 is 0 Å². The van der Waals surface area contributed by atoms with Crippen molar-refractivity contribution in [2.45, 2.75) is 12.9 Å². The van der Waals surface area contributed by atoms with E-state index in [1.807, 2.05) is 30.3 Å². The molecule has 3 heteroatoms. The molecule has 0 aliphatic carbocycles. The fraction of sp³-hybridized carbons (Fsp3) is 0.125. The van der Waals surface area contributed by atoms with E-state index in [9.17, 15) is 4.39 Å². The fourth-order valence-electron chi connectivity index (χ4n) is 1.55. The van der Waals surface area contributed by atoms with Gasteiger partial charge in [-0.15, -0.1) is 0 Å². The van der Waals surface area contributed by atoms with E-state index in [0.29, 0.717) is 12.4 Å². The molecule has 2 nitrogen and oxygen atoms in total. The van der Waals surface area contributed by atoms with Crippen molar-refractivity contribution in [2.24, 2.45) is 0 Å². The van der Waals surface area contributed by atoms with Crippen LogP contribution in [0.2, 0.25) is 0 Å². The minimum absolute atomic E-state index is 0.298. The van der Waals surface area contributed by atoms with Crippen LogP contribution < -0.4 is 4.74 Å². The van der Waals surface area contributed by atoms with E-state index in [0.717, 1.165) is 5.56 Å². The van der Waals surface area contributed by atoms with Crippen molar-refractivity contribution in [3.05, 3.63) is 78.6 Å². The average Bonchev–Trinajstić information content (AvgIpc) is 2.46. The molecule has 0 saturated carbocycles. The van der Waals surface area contributed by atoms with Crippen molar-refractivity contribution in [3.8, 4) is 5.75 Å². The van der Waals surface area contributed by atoms with Crippen molar-refractivity contribution in [1.82, 2.24) is 0 Å². The van der Waals surface area contributed by atoms with Gasteiger partial charge in [-0.2, -0.15) is 0 Å². The SMILES string of the molecule is C=C[C@@H](OCc1ccccc1)Oc1ccc(F)cc1. The van der Waals surface area contributed by atoms with E-state index in [4.69, 9.17) is 9.47 Å². The first-order valence-electron chi connectivity index (χ1n) is 5.98. The van der Waals surface area contributed by atoms with Crippen LogP contribution in [0.15, 0.2) is 67.3 Å². The zero-order valence-electron chi connectivity index (χ0n) is 10.5. The van der Waals surface area contributed by atoms with Crippen LogP contribution in [0.3, 0.4) is 0 Å². The highest BCUT2D eigenvalue weighted by molar-refractivity contribution is 5.22. The summed E-state index contributed by atoms with van der Waals surface area (Å²) >= 11 is 0. The van der Waals surface area contributed by atoms with Gasteiger partial charge in [0.05, 0.1) is 6.61 Å². The molecule has 2 aromatic carbocycles. The summed E-state index contributed by atoms with van der Waals surface area (Å²) in [6, 6.07) is 15.6. The molecule has 98 valence electrons. The van der Waals surface area contributed by atoms with E-state index in [1.54, 1.807) is 18.2 Å². The number of rotatable bonds is 6. The van der Waals surface area contributed by atoms with E-state index in [-0.39, 0.29) is 5.82 Å².